The maximum absolute atomic E-state index is 11.1. The number of nitrogens with two attached hydrogens (primary N) is 1. The van der Waals surface area contributed by atoms with Crippen molar-refractivity contribution in [3.05, 3.63) is 0 Å². The molecule has 0 aromatic heterocycles. The van der Waals surface area contributed by atoms with Crippen LogP contribution in [0, 0.1) is 0 Å². The molecule has 0 aromatic rings. The summed E-state index contributed by atoms with van der Waals surface area (Å²) in [5.41, 5.74) is 5.86. The summed E-state index contributed by atoms with van der Waals surface area (Å²) in [6.45, 7) is 2.31. The molecular weight excluding hydrogens is 198 g/mol. The molecule has 1 saturated carbocycles. The molecule has 0 radical (unpaired) electrons. The van der Waals surface area contributed by atoms with Crippen LogP contribution in [0.3, 0.4) is 0 Å². The molecule has 3 nitrogen and oxygen atoms in total. The lowest BCUT2D eigenvalue weighted by atomic mass is 9.96. The number of esters is 1. The summed E-state index contributed by atoms with van der Waals surface area (Å²) in [7, 11) is 0. The first-order chi connectivity index (χ1) is 6.72. The van der Waals surface area contributed by atoms with Crippen LogP contribution >= 0.6 is 11.8 Å². The minimum Gasteiger partial charge on any atom is -0.465 e. The minimum atomic E-state index is -0.100. The molecule has 2 atom stereocenters. The summed E-state index contributed by atoms with van der Waals surface area (Å²) >= 11 is 1.69. The number of hydrogen-bond acceptors (Lipinski definition) is 4. The third-order valence-corrected chi connectivity index (χ3v) is 3.71. The minimum absolute atomic E-state index is 0.100. The normalized spacial score (nSPS) is 27.3. The molecule has 1 aliphatic rings. The quantitative estimate of drug-likeness (QED) is 0.726. The van der Waals surface area contributed by atoms with E-state index in [-0.39, 0.29) is 5.97 Å². The molecule has 82 valence electrons. The van der Waals surface area contributed by atoms with E-state index in [9.17, 15) is 4.79 Å². The summed E-state index contributed by atoms with van der Waals surface area (Å²) in [6.07, 6.45) is 4.57. The Morgan fingerprint density at radius 1 is 1.57 bits per heavy atom. The number of hydrogen-bond donors (Lipinski definition) is 1. The van der Waals surface area contributed by atoms with Crippen LogP contribution in [0.4, 0.5) is 0 Å². The lowest BCUT2D eigenvalue weighted by Crippen LogP contribution is -2.29. The molecule has 14 heavy (non-hydrogen) atoms. The fourth-order valence-corrected chi connectivity index (χ4v) is 2.89. The summed E-state index contributed by atoms with van der Waals surface area (Å²) in [6, 6.07) is 0.337. The molecule has 0 aromatic carbocycles. The number of rotatable bonds is 4. The first kappa shape index (κ1) is 11.9. The molecule has 2 unspecified atom stereocenters. The molecule has 0 heterocycles. The SMILES string of the molecule is CCOC(=O)CSC1CCCC(N)C1. The molecule has 0 aliphatic heterocycles. The van der Waals surface area contributed by atoms with Gasteiger partial charge in [0.1, 0.15) is 0 Å². The largest absolute Gasteiger partial charge is 0.465 e. The Labute approximate surface area is 89.8 Å². The Balaban J connectivity index is 2.14. The van der Waals surface area contributed by atoms with Crippen molar-refractivity contribution in [2.75, 3.05) is 12.4 Å². The van der Waals surface area contributed by atoms with Crippen molar-refractivity contribution in [3.63, 3.8) is 0 Å². The predicted octanol–water partition coefficient (Wildman–Crippen LogP) is 1.55. The van der Waals surface area contributed by atoms with Crippen molar-refractivity contribution in [2.24, 2.45) is 5.73 Å². The third kappa shape index (κ3) is 4.33. The first-order valence-electron chi connectivity index (χ1n) is 5.25. The van der Waals surface area contributed by atoms with Crippen LogP contribution in [-0.2, 0) is 9.53 Å². The fraction of sp³-hybridized carbons (Fsp3) is 0.900. The standard InChI is InChI=1S/C10H19NO2S/c1-2-13-10(12)7-14-9-5-3-4-8(11)6-9/h8-9H,2-7,11H2,1H3. The van der Waals surface area contributed by atoms with Gasteiger partial charge >= 0.3 is 5.97 Å². The van der Waals surface area contributed by atoms with Crippen LogP contribution < -0.4 is 5.73 Å². The molecule has 0 bridgehead atoms. The average Bonchev–Trinajstić information content (AvgIpc) is 2.15. The van der Waals surface area contributed by atoms with Gasteiger partial charge in [-0.3, -0.25) is 4.79 Å². The highest BCUT2D eigenvalue weighted by Gasteiger charge is 2.20. The summed E-state index contributed by atoms with van der Waals surface area (Å²) in [4.78, 5) is 11.1. The second-order valence-corrected chi connectivity index (χ2v) is 4.95. The van der Waals surface area contributed by atoms with E-state index < -0.39 is 0 Å². The Morgan fingerprint density at radius 2 is 2.36 bits per heavy atom. The van der Waals surface area contributed by atoms with E-state index >= 15 is 0 Å². The molecular formula is C10H19NO2S. The number of ether oxygens (including phenoxy) is 1. The second-order valence-electron chi connectivity index (χ2n) is 3.66. The maximum atomic E-state index is 11.1. The third-order valence-electron chi connectivity index (χ3n) is 2.41. The zero-order valence-electron chi connectivity index (χ0n) is 8.70. The van der Waals surface area contributed by atoms with Gasteiger partial charge < -0.3 is 10.5 Å². The van der Waals surface area contributed by atoms with E-state index in [1.165, 1.54) is 12.8 Å². The molecule has 2 N–H and O–H groups in total. The molecule has 1 rings (SSSR count). The van der Waals surface area contributed by atoms with Crippen molar-refractivity contribution >= 4 is 17.7 Å². The Bertz CT molecular complexity index is 187. The monoisotopic (exact) mass is 217 g/mol. The smallest absolute Gasteiger partial charge is 0.315 e. The van der Waals surface area contributed by atoms with E-state index in [4.69, 9.17) is 10.5 Å². The molecule has 0 spiro atoms. The van der Waals surface area contributed by atoms with Gasteiger partial charge in [-0.05, 0) is 26.2 Å². The van der Waals surface area contributed by atoms with E-state index in [1.54, 1.807) is 11.8 Å². The predicted molar refractivity (Wildman–Crippen MR) is 59.3 cm³/mol. The van der Waals surface area contributed by atoms with E-state index in [2.05, 4.69) is 0 Å². The van der Waals surface area contributed by atoms with Gasteiger partial charge in [0.25, 0.3) is 0 Å². The van der Waals surface area contributed by atoms with Crippen molar-refractivity contribution in [2.45, 2.75) is 43.9 Å². The van der Waals surface area contributed by atoms with Crippen LogP contribution in [0.5, 0.6) is 0 Å². The summed E-state index contributed by atoms with van der Waals surface area (Å²) < 4.78 is 4.87. The van der Waals surface area contributed by atoms with Gasteiger partial charge in [0.2, 0.25) is 0 Å². The number of thioether (sulfide) groups is 1. The van der Waals surface area contributed by atoms with Gasteiger partial charge in [-0.2, -0.15) is 0 Å². The molecule has 0 saturated heterocycles. The zero-order chi connectivity index (χ0) is 10.4. The van der Waals surface area contributed by atoms with Gasteiger partial charge in [0, 0.05) is 11.3 Å². The number of carbonyl (C=O) groups excluding carboxylic acids is 1. The number of carbonyl (C=O) groups is 1. The van der Waals surface area contributed by atoms with Crippen LogP contribution in [0.15, 0.2) is 0 Å². The van der Waals surface area contributed by atoms with Crippen LogP contribution in [0.2, 0.25) is 0 Å². The topological polar surface area (TPSA) is 52.3 Å². The van der Waals surface area contributed by atoms with Crippen molar-refractivity contribution in [3.8, 4) is 0 Å². The molecule has 0 amide bonds. The van der Waals surface area contributed by atoms with Crippen LogP contribution in [0.1, 0.15) is 32.6 Å². The van der Waals surface area contributed by atoms with Gasteiger partial charge in [-0.15, -0.1) is 11.8 Å². The molecule has 1 fully saturated rings. The van der Waals surface area contributed by atoms with Crippen molar-refractivity contribution in [1.82, 2.24) is 0 Å². The van der Waals surface area contributed by atoms with E-state index in [1.807, 2.05) is 6.92 Å². The van der Waals surface area contributed by atoms with Crippen molar-refractivity contribution < 1.29 is 9.53 Å². The Morgan fingerprint density at radius 3 is 3.00 bits per heavy atom. The zero-order valence-corrected chi connectivity index (χ0v) is 9.52. The van der Waals surface area contributed by atoms with E-state index in [0.717, 1.165) is 12.8 Å². The highest BCUT2D eigenvalue weighted by atomic mass is 32.2. The average molecular weight is 217 g/mol. The molecule has 1 aliphatic carbocycles. The highest BCUT2D eigenvalue weighted by Crippen LogP contribution is 2.27. The fourth-order valence-electron chi connectivity index (χ4n) is 1.72. The summed E-state index contributed by atoms with van der Waals surface area (Å²) in [5, 5.41) is 0.558. The van der Waals surface area contributed by atoms with Crippen LogP contribution in [-0.4, -0.2) is 29.6 Å². The van der Waals surface area contributed by atoms with Crippen LogP contribution in [0.25, 0.3) is 0 Å². The summed E-state index contributed by atoms with van der Waals surface area (Å²) in [5.74, 6) is 0.377. The highest BCUT2D eigenvalue weighted by molar-refractivity contribution is 8.00. The maximum Gasteiger partial charge on any atom is 0.315 e. The lowest BCUT2D eigenvalue weighted by Gasteiger charge is -2.25. The van der Waals surface area contributed by atoms with E-state index in [0.29, 0.717) is 23.7 Å². The Kier molecular flexibility index (Phi) is 5.33. The second kappa shape index (κ2) is 6.30. The lowest BCUT2D eigenvalue weighted by molar-refractivity contribution is -0.139. The van der Waals surface area contributed by atoms with Gasteiger partial charge in [-0.25, -0.2) is 0 Å². The Hall–Kier alpha value is -0.220. The van der Waals surface area contributed by atoms with Gasteiger partial charge in [0.15, 0.2) is 0 Å². The van der Waals surface area contributed by atoms with Gasteiger partial charge in [0.05, 0.1) is 12.4 Å². The first-order valence-corrected chi connectivity index (χ1v) is 6.30. The van der Waals surface area contributed by atoms with Gasteiger partial charge in [-0.1, -0.05) is 6.42 Å². The van der Waals surface area contributed by atoms with Crippen molar-refractivity contribution in [1.29, 1.82) is 0 Å². The molecule has 4 heteroatoms.